The first-order valence-electron chi connectivity index (χ1n) is 5.02. The second kappa shape index (κ2) is 3.67. The number of hydrogen-bond acceptors (Lipinski definition) is 5. The van der Waals surface area contributed by atoms with Gasteiger partial charge in [-0.2, -0.15) is 0 Å². The highest BCUT2D eigenvalue weighted by Gasteiger charge is 2.41. The van der Waals surface area contributed by atoms with E-state index in [4.69, 9.17) is 11.5 Å². The number of amides is 3. The average molecular weight is 233 g/mol. The van der Waals surface area contributed by atoms with Crippen molar-refractivity contribution < 1.29 is 14.4 Å². The van der Waals surface area contributed by atoms with Crippen LogP contribution >= 0.6 is 0 Å². The maximum Gasteiger partial charge on any atom is 0.270 e. The van der Waals surface area contributed by atoms with Crippen LogP contribution in [0.3, 0.4) is 0 Å². The van der Waals surface area contributed by atoms with Crippen molar-refractivity contribution in [2.45, 2.75) is 13.0 Å². The van der Waals surface area contributed by atoms with Crippen molar-refractivity contribution in [3.05, 3.63) is 29.3 Å². The summed E-state index contributed by atoms with van der Waals surface area (Å²) in [5.41, 5.74) is 11.4. The zero-order chi connectivity index (χ0) is 12.7. The molecule has 1 atom stereocenters. The largest absolute Gasteiger partial charge is 0.398 e. The van der Waals surface area contributed by atoms with Crippen LogP contribution in [0.25, 0.3) is 0 Å². The van der Waals surface area contributed by atoms with Crippen molar-refractivity contribution in [1.29, 1.82) is 0 Å². The summed E-state index contributed by atoms with van der Waals surface area (Å²) in [5.74, 6) is -2.10. The SMILES string of the molecule is C[C@H](N)C(=O)N1C(=O)c2cccc(N)c2C1=O. The second-order valence-electron chi connectivity index (χ2n) is 3.84. The lowest BCUT2D eigenvalue weighted by Gasteiger charge is -2.13. The average Bonchev–Trinajstić information content (AvgIpc) is 2.52. The molecule has 0 aromatic heterocycles. The second-order valence-corrected chi connectivity index (χ2v) is 3.84. The molecule has 17 heavy (non-hydrogen) atoms. The van der Waals surface area contributed by atoms with E-state index >= 15 is 0 Å². The molecule has 4 N–H and O–H groups in total. The molecule has 1 aromatic carbocycles. The predicted octanol–water partition coefficient (Wildman–Crippen LogP) is -0.261. The molecule has 2 rings (SSSR count). The minimum Gasteiger partial charge on any atom is -0.398 e. The van der Waals surface area contributed by atoms with Gasteiger partial charge in [0.2, 0.25) is 0 Å². The number of nitrogens with two attached hydrogens (primary N) is 2. The summed E-state index contributed by atoms with van der Waals surface area (Å²) in [6.45, 7) is 1.41. The normalized spacial score (nSPS) is 16.0. The molecule has 0 aliphatic carbocycles. The molecule has 88 valence electrons. The standard InChI is InChI=1S/C11H11N3O3/c1-5(12)9(15)14-10(16)6-3-2-4-7(13)8(6)11(14)17/h2-5H,12-13H2,1H3/t5-/m0/s1. The summed E-state index contributed by atoms with van der Waals surface area (Å²) in [6.07, 6.45) is 0. The van der Waals surface area contributed by atoms with Crippen LogP contribution < -0.4 is 11.5 Å². The number of hydrogen-bond donors (Lipinski definition) is 2. The maximum absolute atomic E-state index is 11.9. The molecule has 6 nitrogen and oxygen atoms in total. The lowest BCUT2D eigenvalue weighted by atomic mass is 10.1. The van der Waals surface area contributed by atoms with E-state index in [1.54, 1.807) is 6.07 Å². The van der Waals surface area contributed by atoms with Crippen LogP contribution in [0.1, 0.15) is 27.6 Å². The van der Waals surface area contributed by atoms with E-state index in [1.807, 2.05) is 0 Å². The van der Waals surface area contributed by atoms with Crippen molar-refractivity contribution in [2.24, 2.45) is 5.73 Å². The van der Waals surface area contributed by atoms with Gasteiger partial charge >= 0.3 is 0 Å². The third kappa shape index (κ3) is 1.50. The molecule has 0 saturated carbocycles. The van der Waals surface area contributed by atoms with Crippen LogP contribution in [-0.2, 0) is 4.79 Å². The highest BCUT2D eigenvalue weighted by Crippen LogP contribution is 2.27. The Bertz CT molecular complexity index is 537. The van der Waals surface area contributed by atoms with E-state index < -0.39 is 23.8 Å². The number of anilines is 1. The molecule has 1 aliphatic heterocycles. The van der Waals surface area contributed by atoms with Crippen LogP contribution in [0.4, 0.5) is 5.69 Å². The van der Waals surface area contributed by atoms with Gasteiger partial charge in [0.15, 0.2) is 0 Å². The zero-order valence-corrected chi connectivity index (χ0v) is 9.14. The minimum absolute atomic E-state index is 0.0755. The Balaban J connectivity index is 2.54. The molecule has 1 aliphatic rings. The van der Waals surface area contributed by atoms with Gasteiger partial charge in [0.05, 0.1) is 17.2 Å². The van der Waals surface area contributed by atoms with Gasteiger partial charge in [0.1, 0.15) is 0 Å². The van der Waals surface area contributed by atoms with Crippen molar-refractivity contribution >= 4 is 23.4 Å². The number of rotatable bonds is 1. The monoisotopic (exact) mass is 233 g/mol. The highest BCUT2D eigenvalue weighted by molar-refractivity contribution is 6.31. The fraction of sp³-hybridized carbons (Fsp3) is 0.182. The Labute approximate surface area is 97.2 Å². The number of imide groups is 3. The Morgan fingerprint density at radius 3 is 2.47 bits per heavy atom. The van der Waals surface area contributed by atoms with Crippen molar-refractivity contribution in [1.82, 2.24) is 4.90 Å². The van der Waals surface area contributed by atoms with E-state index in [1.165, 1.54) is 19.1 Å². The molecular weight excluding hydrogens is 222 g/mol. The molecule has 0 bridgehead atoms. The van der Waals surface area contributed by atoms with E-state index in [2.05, 4.69) is 0 Å². The van der Waals surface area contributed by atoms with Gasteiger partial charge in [-0.05, 0) is 19.1 Å². The zero-order valence-electron chi connectivity index (χ0n) is 9.14. The maximum atomic E-state index is 11.9. The van der Waals surface area contributed by atoms with Crippen LogP contribution in [0.15, 0.2) is 18.2 Å². The third-order valence-electron chi connectivity index (χ3n) is 2.56. The summed E-state index contributed by atoms with van der Waals surface area (Å²) in [5, 5.41) is 0. The van der Waals surface area contributed by atoms with Crippen molar-refractivity contribution in [2.75, 3.05) is 5.73 Å². The first-order chi connectivity index (χ1) is 7.95. The first-order valence-corrected chi connectivity index (χ1v) is 5.02. The molecule has 3 amide bonds. The van der Waals surface area contributed by atoms with Gasteiger partial charge in [-0.1, -0.05) is 6.07 Å². The number of carbonyl (C=O) groups is 3. The summed E-state index contributed by atoms with van der Waals surface area (Å²) < 4.78 is 0. The first kappa shape index (κ1) is 11.3. The predicted molar refractivity (Wildman–Crippen MR) is 60.0 cm³/mol. The van der Waals surface area contributed by atoms with Crippen molar-refractivity contribution in [3.8, 4) is 0 Å². The van der Waals surface area contributed by atoms with Gasteiger partial charge in [0.25, 0.3) is 17.7 Å². The Morgan fingerprint density at radius 2 is 1.94 bits per heavy atom. The number of fused-ring (bicyclic) bond motifs is 1. The number of nitrogen functional groups attached to an aromatic ring is 1. The molecular formula is C11H11N3O3. The van der Waals surface area contributed by atoms with Crippen LogP contribution in [0, 0.1) is 0 Å². The van der Waals surface area contributed by atoms with Crippen LogP contribution in [-0.4, -0.2) is 28.7 Å². The van der Waals surface area contributed by atoms with E-state index in [-0.39, 0.29) is 16.8 Å². The van der Waals surface area contributed by atoms with Gasteiger partial charge < -0.3 is 11.5 Å². The molecule has 0 unspecified atom stereocenters. The van der Waals surface area contributed by atoms with Gasteiger partial charge in [0, 0.05) is 5.69 Å². The molecule has 6 heteroatoms. The smallest absolute Gasteiger partial charge is 0.270 e. The summed E-state index contributed by atoms with van der Waals surface area (Å²) in [6, 6.07) is 3.60. The summed E-state index contributed by atoms with van der Waals surface area (Å²) >= 11 is 0. The third-order valence-corrected chi connectivity index (χ3v) is 2.56. The topological polar surface area (TPSA) is 106 Å². The quantitative estimate of drug-likeness (QED) is 0.513. The van der Waals surface area contributed by atoms with Gasteiger partial charge in [-0.3, -0.25) is 14.4 Å². The molecule has 1 heterocycles. The Hall–Kier alpha value is -2.21. The molecule has 1 aromatic rings. The molecule has 0 saturated heterocycles. The number of nitrogens with zero attached hydrogens (tertiary/aromatic N) is 1. The minimum atomic E-state index is -0.918. The lowest BCUT2D eigenvalue weighted by molar-refractivity contribution is -0.127. The fourth-order valence-electron chi connectivity index (χ4n) is 1.72. The van der Waals surface area contributed by atoms with E-state index in [9.17, 15) is 14.4 Å². The van der Waals surface area contributed by atoms with Crippen LogP contribution in [0.5, 0.6) is 0 Å². The Morgan fingerprint density at radius 1 is 1.29 bits per heavy atom. The molecule has 0 spiro atoms. The summed E-state index contributed by atoms with van der Waals surface area (Å²) in [7, 11) is 0. The van der Waals surface area contributed by atoms with Gasteiger partial charge in [-0.15, -0.1) is 0 Å². The Kier molecular flexibility index (Phi) is 2.44. The lowest BCUT2D eigenvalue weighted by Crippen LogP contribution is -2.45. The van der Waals surface area contributed by atoms with Crippen molar-refractivity contribution in [3.63, 3.8) is 0 Å². The van der Waals surface area contributed by atoms with Crippen LogP contribution in [0.2, 0.25) is 0 Å². The number of benzene rings is 1. The van der Waals surface area contributed by atoms with E-state index in [0.717, 1.165) is 0 Å². The van der Waals surface area contributed by atoms with E-state index in [0.29, 0.717) is 4.90 Å². The fourth-order valence-corrected chi connectivity index (χ4v) is 1.72. The number of carbonyl (C=O) groups excluding carboxylic acids is 3. The molecule has 0 radical (unpaired) electrons. The van der Waals surface area contributed by atoms with Gasteiger partial charge in [-0.25, -0.2) is 4.90 Å². The summed E-state index contributed by atoms with van der Waals surface area (Å²) in [4.78, 5) is 36.0. The molecule has 0 fully saturated rings. The highest BCUT2D eigenvalue weighted by atomic mass is 16.2.